The molecular weight excluding hydrogens is 342 g/mol. The lowest BCUT2D eigenvalue weighted by Crippen LogP contribution is -2.48. The van der Waals surface area contributed by atoms with E-state index in [0.29, 0.717) is 6.42 Å². The Morgan fingerprint density at radius 1 is 1.19 bits per heavy atom. The summed E-state index contributed by atoms with van der Waals surface area (Å²) in [5.74, 6) is 0.234. The first-order valence-electron chi connectivity index (χ1n) is 10.2. The molecule has 2 aliphatic heterocycles. The molecule has 27 heavy (non-hydrogen) atoms. The van der Waals surface area contributed by atoms with Crippen LogP contribution in [-0.2, 0) is 40.8 Å². The van der Waals surface area contributed by atoms with Crippen LogP contribution in [-0.4, -0.2) is 50.9 Å². The number of carbonyl (C=O) groups is 1. The number of hydrogen-bond donors (Lipinski definition) is 2. The summed E-state index contributed by atoms with van der Waals surface area (Å²) in [4.78, 5) is 14.8. The summed E-state index contributed by atoms with van der Waals surface area (Å²) >= 11 is 0. The zero-order valence-electron chi connectivity index (χ0n) is 15.7. The second kappa shape index (κ2) is 6.78. The van der Waals surface area contributed by atoms with Gasteiger partial charge in [0, 0.05) is 31.6 Å². The van der Waals surface area contributed by atoms with E-state index < -0.39 is 0 Å². The maximum atomic E-state index is 12.8. The minimum atomic E-state index is -0.276. The van der Waals surface area contributed by atoms with E-state index in [1.807, 2.05) is 11.1 Å². The third-order valence-corrected chi connectivity index (χ3v) is 6.56. The number of amides is 1. The number of nitrogens with zero attached hydrogens (tertiary/aromatic N) is 3. The van der Waals surface area contributed by atoms with Gasteiger partial charge in [0.1, 0.15) is 5.60 Å². The molecule has 2 aromatic rings. The standard InChI is InChI=1S/C20H27N5O2/c26-18(6-5-17-15-3-1-2-4-16(15)22-23-17)25-10-8-20(9-11-25)19-14(7-12-27-20)13-21-24-19/h13H,1-12H2,(H,21,24)(H,22,23). The van der Waals surface area contributed by atoms with E-state index in [-0.39, 0.29) is 11.5 Å². The Morgan fingerprint density at radius 2 is 2.04 bits per heavy atom. The summed E-state index contributed by atoms with van der Waals surface area (Å²) in [6.45, 7) is 2.23. The lowest BCUT2D eigenvalue weighted by atomic mass is 9.83. The van der Waals surface area contributed by atoms with Crippen LogP contribution in [0.25, 0.3) is 0 Å². The lowest BCUT2D eigenvalue weighted by molar-refractivity contribution is -0.141. The van der Waals surface area contributed by atoms with Gasteiger partial charge in [-0.05, 0) is 56.1 Å². The highest BCUT2D eigenvalue weighted by Crippen LogP contribution is 2.40. The monoisotopic (exact) mass is 369 g/mol. The highest BCUT2D eigenvalue weighted by Gasteiger charge is 2.43. The van der Waals surface area contributed by atoms with Gasteiger partial charge in [-0.15, -0.1) is 0 Å². The summed E-state index contributed by atoms with van der Waals surface area (Å²) in [5.41, 5.74) is 5.88. The Kier molecular flexibility index (Phi) is 4.27. The normalized spacial score (nSPS) is 21.1. The Morgan fingerprint density at radius 3 is 2.93 bits per heavy atom. The molecule has 2 N–H and O–H groups in total. The van der Waals surface area contributed by atoms with Gasteiger partial charge in [-0.25, -0.2) is 0 Å². The number of aromatic amines is 2. The van der Waals surface area contributed by atoms with Crippen molar-refractivity contribution in [1.82, 2.24) is 25.3 Å². The van der Waals surface area contributed by atoms with Crippen molar-refractivity contribution in [2.75, 3.05) is 19.7 Å². The smallest absolute Gasteiger partial charge is 0.222 e. The van der Waals surface area contributed by atoms with Crippen LogP contribution in [0.5, 0.6) is 0 Å². The number of aromatic nitrogens is 4. The second-order valence-electron chi connectivity index (χ2n) is 8.08. The molecule has 0 saturated carbocycles. The number of rotatable bonds is 3. The molecule has 5 rings (SSSR count). The van der Waals surface area contributed by atoms with Crippen LogP contribution in [0.1, 0.15) is 60.3 Å². The van der Waals surface area contributed by atoms with Crippen LogP contribution in [0.2, 0.25) is 0 Å². The van der Waals surface area contributed by atoms with Crippen molar-refractivity contribution >= 4 is 5.91 Å². The molecular formula is C20H27N5O2. The number of nitrogens with one attached hydrogen (secondary N) is 2. The van der Waals surface area contributed by atoms with Crippen molar-refractivity contribution in [3.8, 4) is 0 Å². The fraction of sp³-hybridized carbons (Fsp3) is 0.650. The Labute approximate surface area is 158 Å². The van der Waals surface area contributed by atoms with Crippen LogP contribution < -0.4 is 0 Å². The summed E-state index contributed by atoms with van der Waals surface area (Å²) in [6, 6.07) is 0. The van der Waals surface area contributed by atoms with Crippen LogP contribution in [0, 0.1) is 0 Å². The third-order valence-electron chi connectivity index (χ3n) is 6.56. The van der Waals surface area contributed by atoms with Gasteiger partial charge < -0.3 is 9.64 Å². The van der Waals surface area contributed by atoms with Gasteiger partial charge in [0.2, 0.25) is 5.91 Å². The molecule has 1 saturated heterocycles. The van der Waals surface area contributed by atoms with Gasteiger partial charge in [-0.3, -0.25) is 15.0 Å². The second-order valence-corrected chi connectivity index (χ2v) is 8.08. The molecule has 4 heterocycles. The number of carbonyl (C=O) groups excluding carboxylic acids is 1. The first-order valence-corrected chi connectivity index (χ1v) is 10.2. The van der Waals surface area contributed by atoms with Gasteiger partial charge in [0.05, 0.1) is 24.2 Å². The average Bonchev–Trinajstić information content (AvgIpc) is 3.35. The molecule has 7 nitrogen and oxygen atoms in total. The fourth-order valence-corrected chi connectivity index (χ4v) is 4.98. The molecule has 1 fully saturated rings. The first-order chi connectivity index (χ1) is 13.3. The molecule has 0 radical (unpaired) electrons. The molecule has 1 aliphatic carbocycles. The number of aryl methyl sites for hydroxylation is 2. The Balaban J connectivity index is 1.20. The van der Waals surface area contributed by atoms with Gasteiger partial charge in [-0.1, -0.05) is 0 Å². The quantitative estimate of drug-likeness (QED) is 0.867. The van der Waals surface area contributed by atoms with Gasteiger partial charge in [-0.2, -0.15) is 10.2 Å². The summed E-state index contributed by atoms with van der Waals surface area (Å²) in [6.07, 6.45) is 10.5. The molecule has 0 unspecified atom stereocenters. The molecule has 3 aliphatic rings. The average molecular weight is 369 g/mol. The van der Waals surface area contributed by atoms with Crippen LogP contribution in [0.15, 0.2) is 6.20 Å². The van der Waals surface area contributed by atoms with E-state index in [9.17, 15) is 4.79 Å². The van der Waals surface area contributed by atoms with E-state index in [0.717, 1.165) is 69.6 Å². The Bertz CT molecular complexity index is 831. The predicted molar refractivity (Wildman–Crippen MR) is 99.3 cm³/mol. The molecule has 2 aromatic heterocycles. The number of fused-ring (bicyclic) bond motifs is 3. The third kappa shape index (κ3) is 2.98. The van der Waals surface area contributed by atoms with Gasteiger partial charge >= 0.3 is 0 Å². The number of piperidine rings is 1. The number of likely N-dealkylation sites (tertiary alicyclic amines) is 1. The maximum Gasteiger partial charge on any atom is 0.222 e. The minimum absolute atomic E-state index is 0.234. The van der Waals surface area contributed by atoms with Crippen molar-refractivity contribution in [1.29, 1.82) is 0 Å². The zero-order chi connectivity index (χ0) is 18.3. The molecule has 144 valence electrons. The molecule has 1 spiro atoms. The number of H-pyrrole nitrogens is 2. The van der Waals surface area contributed by atoms with E-state index in [4.69, 9.17) is 4.74 Å². The summed E-state index contributed by atoms with van der Waals surface area (Å²) in [7, 11) is 0. The highest BCUT2D eigenvalue weighted by molar-refractivity contribution is 5.76. The molecule has 0 atom stereocenters. The van der Waals surface area contributed by atoms with E-state index >= 15 is 0 Å². The van der Waals surface area contributed by atoms with Gasteiger partial charge in [0.25, 0.3) is 0 Å². The Hall–Kier alpha value is -2.15. The van der Waals surface area contributed by atoms with Crippen molar-refractivity contribution in [2.24, 2.45) is 0 Å². The van der Waals surface area contributed by atoms with Crippen molar-refractivity contribution < 1.29 is 9.53 Å². The summed E-state index contributed by atoms with van der Waals surface area (Å²) in [5, 5.41) is 15.0. The summed E-state index contributed by atoms with van der Waals surface area (Å²) < 4.78 is 6.18. The molecule has 7 heteroatoms. The van der Waals surface area contributed by atoms with Crippen molar-refractivity contribution in [2.45, 2.75) is 63.4 Å². The molecule has 0 aromatic carbocycles. The lowest BCUT2D eigenvalue weighted by Gasteiger charge is -2.43. The maximum absolute atomic E-state index is 12.8. The topological polar surface area (TPSA) is 86.9 Å². The van der Waals surface area contributed by atoms with Crippen LogP contribution in [0.3, 0.4) is 0 Å². The minimum Gasteiger partial charge on any atom is -0.368 e. The van der Waals surface area contributed by atoms with E-state index in [1.54, 1.807) is 0 Å². The zero-order valence-corrected chi connectivity index (χ0v) is 15.7. The van der Waals surface area contributed by atoms with Crippen molar-refractivity contribution in [3.05, 3.63) is 34.4 Å². The van der Waals surface area contributed by atoms with Crippen molar-refractivity contribution in [3.63, 3.8) is 0 Å². The van der Waals surface area contributed by atoms with E-state index in [2.05, 4.69) is 20.4 Å². The first kappa shape index (κ1) is 17.0. The SMILES string of the molecule is O=C(CCc1n[nH]c2c1CCCC2)N1CCC2(CC1)OCCc1cn[nH]c12. The number of ether oxygens (including phenoxy) is 1. The number of hydrogen-bond acceptors (Lipinski definition) is 4. The molecule has 1 amide bonds. The molecule has 0 bridgehead atoms. The van der Waals surface area contributed by atoms with E-state index in [1.165, 1.54) is 29.7 Å². The van der Waals surface area contributed by atoms with Gasteiger partial charge in [0.15, 0.2) is 0 Å². The highest BCUT2D eigenvalue weighted by atomic mass is 16.5. The van der Waals surface area contributed by atoms with Crippen LogP contribution >= 0.6 is 0 Å². The fourth-order valence-electron chi connectivity index (χ4n) is 4.98. The predicted octanol–water partition coefficient (Wildman–Crippen LogP) is 2.03. The van der Waals surface area contributed by atoms with Crippen LogP contribution in [0.4, 0.5) is 0 Å². The largest absolute Gasteiger partial charge is 0.368 e.